The minimum Gasteiger partial charge on any atom is -0.121 e. The number of allylic oxidation sites excluding steroid dienone is 2. The fraction of sp³-hybridized carbons (Fsp3) is 0.286. The lowest BCUT2D eigenvalue weighted by atomic mass is 10.1. The average Bonchev–Trinajstić information content (AvgIpc) is 2.81. The SMILES string of the molecule is C=C(CSc1ccccc1)C1=CCCC1. The summed E-state index contributed by atoms with van der Waals surface area (Å²) in [6.07, 6.45) is 6.12. The molecule has 78 valence electrons. The first kappa shape index (κ1) is 10.6. The summed E-state index contributed by atoms with van der Waals surface area (Å²) in [6.45, 7) is 4.16. The Morgan fingerprint density at radius 1 is 1.27 bits per heavy atom. The molecular formula is C14H16S. The molecule has 1 aliphatic carbocycles. The Morgan fingerprint density at radius 2 is 2.07 bits per heavy atom. The highest BCUT2D eigenvalue weighted by molar-refractivity contribution is 7.99. The lowest BCUT2D eigenvalue weighted by Gasteiger charge is -2.06. The van der Waals surface area contributed by atoms with E-state index in [0.29, 0.717) is 0 Å². The van der Waals surface area contributed by atoms with Crippen molar-refractivity contribution in [2.75, 3.05) is 5.75 Å². The maximum absolute atomic E-state index is 4.16. The fourth-order valence-electron chi connectivity index (χ4n) is 1.77. The third kappa shape index (κ3) is 3.00. The van der Waals surface area contributed by atoms with Crippen LogP contribution in [0, 0.1) is 0 Å². The summed E-state index contributed by atoms with van der Waals surface area (Å²) in [4.78, 5) is 1.33. The number of hydrogen-bond donors (Lipinski definition) is 0. The van der Waals surface area contributed by atoms with Gasteiger partial charge in [0, 0.05) is 10.6 Å². The average molecular weight is 216 g/mol. The number of benzene rings is 1. The minimum absolute atomic E-state index is 1.02. The van der Waals surface area contributed by atoms with Crippen LogP contribution in [0.1, 0.15) is 19.3 Å². The molecule has 0 N–H and O–H groups in total. The lowest BCUT2D eigenvalue weighted by Crippen LogP contribution is -1.88. The maximum atomic E-state index is 4.16. The molecule has 0 bridgehead atoms. The summed E-state index contributed by atoms with van der Waals surface area (Å²) in [7, 11) is 0. The van der Waals surface area contributed by atoms with Crippen molar-refractivity contribution in [3.63, 3.8) is 0 Å². The Hall–Kier alpha value is -0.950. The minimum atomic E-state index is 1.02. The molecular weight excluding hydrogens is 200 g/mol. The van der Waals surface area contributed by atoms with Crippen LogP contribution in [0.3, 0.4) is 0 Å². The van der Waals surface area contributed by atoms with E-state index in [1.807, 2.05) is 11.8 Å². The highest BCUT2D eigenvalue weighted by Gasteiger charge is 2.07. The van der Waals surface area contributed by atoms with Crippen molar-refractivity contribution in [1.29, 1.82) is 0 Å². The van der Waals surface area contributed by atoms with E-state index in [1.165, 1.54) is 35.3 Å². The molecule has 0 nitrogen and oxygen atoms in total. The molecule has 0 atom stereocenters. The summed E-state index contributed by atoms with van der Waals surface area (Å²) in [5.41, 5.74) is 2.79. The first-order valence-electron chi connectivity index (χ1n) is 5.41. The molecule has 1 aromatic rings. The van der Waals surface area contributed by atoms with E-state index in [1.54, 1.807) is 0 Å². The van der Waals surface area contributed by atoms with Gasteiger partial charge in [0.25, 0.3) is 0 Å². The zero-order valence-electron chi connectivity index (χ0n) is 8.91. The molecule has 0 amide bonds. The smallest absolute Gasteiger partial charge is 0.0228 e. The quantitative estimate of drug-likeness (QED) is 0.670. The van der Waals surface area contributed by atoms with Gasteiger partial charge in [-0.3, -0.25) is 0 Å². The van der Waals surface area contributed by atoms with Gasteiger partial charge in [0.05, 0.1) is 0 Å². The Kier molecular flexibility index (Phi) is 3.68. The Bertz CT molecular complexity index is 362. The first-order chi connectivity index (χ1) is 7.36. The predicted molar refractivity (Wildman–Crippen MR) is 68.2 cm³/mol. The van der Waals surface area contributed by atoms with Crippen molar-refractivity contribution >= 4 is 11.8 Å². The highest BCUT2D eigenvalue weighted by Crippen LogP contribution is 2.28. The van der Waals surface area contributed by atoms with Crippen LogP contribution < -0.4 is 0 Å². The van der Waals surface area contributed by atoms with Crippen LogP contribution in [-0.2, 0) is 0 Å². The first-order valence-corrected chi connectivity index (χ1v) is 6.40. The maximum Gasteiger partial charge on any atom is 0.0228 e. The highest BCUT2D eigenvalue weighted by atomic mass is 32.2. The lowest BCUT2D eigenvalue weighted by molar-refractivity contribution is 0.910. The van der Waals surface area contributed by atoms with Crippen molar-refractivity contribution in [1.82, 2.24) is 0 Å². The van der Waals surface area contributed by atoms with Gasteiger partial charge in [0.2, 0.25) is 0 Å². The molecule has 1 heteroatoms. The van der Waals surface area contributed by atoms with Crippen LogP contribution in [-0.4, -0.2) is 5.75 Å². The van der Waals surface area contributed by atoms with Crippen molar-refractivity contribution in [2.24, 2.45) is 0 Å². The van der Waals surface area contributed by atoms with E-state index in [-0.39, 0.29) is 0 Å². The number of rotatable bonds is 4. The van der Waals surface area contributed by atoms with Gasteiger partial charge in [-0.05, 0) is 42.5 Å². The molecule has 2 rings (SSSR count). The molecule has 0 aromatic heterocycles. The van der Waals surface area contributed by atoms with Gasteiger partial charge in [0.1, 0.15) is 0 Å². The molecule has 0 fully saturated rings. The van der Waals surface area contributed by atoms with E-state index >= 15 is 0 Å². The van der Waals surface area contributed by atoms with Gasteiger partial charge in [-0.25, -0.2) is 0 Å². The van der Waals surface area contributed by atoms with E-state index in [4.69, 9.17) is 0 Å². The predicted octanol–water partition coefficient (Wildman–Crippen LogP) is 4.45. The third-order valence-corrected chi connectivity index (χ3v) is 3.75. The van der Waals surface area contributed by atoms with E-state index in [9.17, 15) is 0 Å². The zero-order chi connectivity index (χ0) is 10.5. The molecule has 0 saturated heterocycles. The fourth-order valence-corrected chi connectivity index (χ4v) is 2.65. The van der Waals surface area contributed by atoms with Gasteiger partial charge < -0.3 is 0 Å². The zero-order valence-corrected chi connectivity index (χ0v) is 9.72. The monoisotopic (exact) mass is 216 g/mol. The van der Waals surface area contributed by atoms with Crippen LogP contribution in [0.25, 0.3) is 0 Å². The van der Waals surface area contributed by atoms with Crippen molar-refractivity contribution in [3.05, 3.63) is 54.1 Å². The van der Waals surface area contributed by atoms with Gasteiger partial charge in [-0.2, -0.15) is 0 Å². The van der Waals surface area contributed by atoms with Gasteiger partial charge in [0.15, 0.2) is 0 Å². The van der Waals surface area contributed by atoms with Crippen LogP contribution in [0.2, 0.25) is 0 Å². The van der Waals surface area contributed by atoms with Gasteiger partial charge in [-0.1, -0.05) is 30.9 Å². The van der Waals surface area contributed by atoms with Crippen molar-refractivity contribution < 1.29 is 0 Å². The number of thioether (sulfide) groups is 1. The third-order valence-electron chi connectivity index (χ3n) is 2.65. The normalized spacial score (nSPS) is 15.1. The molecule has 0 heterocycles. The van der Waals surface area contributed by atoms with Gasteiger partial charge in [-0.15, -0.1) is 11.8 Å². The Morgan fingerprint density at radius 3 is 2.73 bits per heavy atom. The van der Waals surface area contributed by atoms with E-state index < -0.39 is 0 Å². The van der Waals surface area contributed by atoms with Crippen LogP contribution in [0.5, 0.6) is 0 Å². The molecule has 0 aliphatic heterocycles. The molecule has 15 heavy (non-hydrogen) atoms. The standard InChI is InChI=1S/C14H16S/c1-12(13-7-5-6-8-13)11-15-14-9-3-2-4-10-14/h2-4,7,9-10H,1,5-6,8,11H2. The topological polar surface area (TPSA) is 0 Å². The second-order valence-electron chi connectivity index (χ2n) is 3.83. The van der Waals surface area contributed by atoms with E-state index in [2.05, 4.69) is 43.0 Å². The van der Waals surface area contributed by atoms with Crippen LogP contribution >= 0.6 is 11.8 Å². The van der Waals surface area contributed by atoms with Crippen LogP contribution in [0.15, 0.2) is 59.0 Å². The molecule has 1 aliphatic rings. The molecule has 0 unspecified atom stereocenters. The molecule has 0 spiro atoms. The van der Waals surface area contributed by atoms with Crippen LogP contribution in [0.4, 0.5) is 0 Å². The van der Waals surface area contributed by atoms with Gasteiger partial charge >= 0.3 is 0 Å². The van der Waals surface area contributed by atoms with E-state index in [0.717, 1.165) is 5.75 Å². The summed E-state index contributed by atoms with van der Waals surface area (Å²) >= 11 is 1.87. The second kappa shape index (κ2) is 5.22. The molecule has 0 radical (unpaired) electrons. The largest absolute Gasteiger partial charge is 0.121 e. The van der Waals surface area contributed by atoms with Crippen molar-refractivity contribution in [2.45, 2.75) is 24.2 Å². The summed E-state index contributed by atoms with van der Waals surface area (Å²) in [5.74, 6) is 1.02. The molecule has 0 saturated carbocycles. The Labute approximate surface area is 96.1 Å². The summed E-state index contributed by atoms with van der Waals surface area (Å²) in [5, 5.41) is 0. The van der Waals surface area contributed by atoms with Crippen molar-refractivity contribution in [3.8, 4) is 0 Å². The second-order valence-corrected chi connectivity index (χ2v) is 4.88. The molecule has 1 aromatic carbocycles. The summed E-state index contributed by atoms with van der Waals surface area (Å²) < 4.78 is 0. The summed E-state index contributed by atoms with van der Waals surface area (Å²) in [6, 6.07) is 10.5. The Balaban J connectivity index is 1.86. The number of hydrogen-bond acceptors (Lipinski definition) is 1.